The number of nitrogens with zero attached hydrogens (tertiary/aromatic N) is 3. The number of thiophene rings is 1. The largest absolute Gasteiger partial charge is 0.352 e. The van der Waals surface area contributed by atoms with Crippen molar-refractivity contribution in [3.8, 4) is 0 Å². The Morgan fingerprint density at radius 3 is 2.74 bits per heavy atom. The van der Waals surface area contributed by atoms with E-state index in [-0.39, 0.29) is 11.8 Å². The molecule has 31 heavy (non-hydrogen) atoms. The van der Waals surface area contributed by atoms with Crippen molar-refractivity contribution in [2.75, 3.05) is 23.3 Å². The standard InChI is InChI=1S/C24H24N4O2S/c29-23(20-7-4-12-28(20)24(30)17-5-2-1-3-6-17)26-19-8-9-22(25-15-19)27-13-10-21-18(16-27)11-14-31-21/h1-3,5-6,8-9,11,14-15,20H,4,7,10,12-13,16H2,(H,26,29)/t20-/m1/s1. The van der Waals surface area contributed by atoms with Crippen LogP contribution in [-0.4, -0.2) is 40.8 Å². The van der Waals surface area contributed by atoms with E-state index in [1.807, 2.05) is 41.7 Å². The highest BCUT2D eigenvalue weighted by molar-refractivity contribution is 7.10. The third-order valence-corrected chi connectivity index (χ3v) is 7.01. The summed E-state index contributed by atoms with van der Waals surface area (Å²) in [4.78, 5) is 35.7. The molecule has 0 aliphatic carbocycles. The number of nitrogens with one attached hydrogen (secondary N) is 1. The zero-order chi connectivity index (χ0) is 21.2. The fraction of sp³-hybridized carbons (Fsp3) is 0.292. The van der Waals surface area contributed by atoms with Gasteiger partial charge in [0.2, 0.25) is 5.91 Å². The lowest BCUT2D eigenvalue weighted by Crippen LogP contribution is -2.43. The van der Waals surface area contributed by atoms with Crippen LogP contribution >= 0.6 is 11.3 Å². The van der Waals surface area contributed by atoms with Crippen LogP contribution in [0.15, 0.2) is 60.1 Å². The highest BCUT2D eigenvalue weighted by Gasteiger charge is 2.34. The molecule has 1 aromatic carbocycles. The molecule has 0 radical (unpaired) electrons. The quantitative estimate of drug-likeness (QED) is 0.678. The van der Waals surface area contributed by atoms with Crippen LogP contribution in [0.1, 0.15) is 33.6 Å². The monoisotopic (exact) mass is 432 g/mol. The average molecular weight is 433 g/mol. The minimum absolute atomic E-state index is 0.0929. The average Bonchev–Trinajstić information content (AvgIpc) is 3.49. The molecule has 2 aliphatic heterocycles. The minimum Gasteiger partial charge on any atom is -0.352 e. The van der Waals surface area contributed by atoms with Crippen molar-refractivity contribution in [2.45, 2.75) is 31.8 Å². The molecule has 3 aromatic rings. The third-order valence-electron chi connectivity index (χ3n) is 5.98. The molecule has 7 heteroatoms. The van der Waals surface area contributed by atoms with Gasteiger partial charge in [0.15, 0.2) is 0 Å². The van der Waals surface area contributed by atoms with E-state index in [1.54, 1.807) is 23.2 Å². The molecule has 1 saturated heterocycles. The Kier molecular flexibility index (Phi) is 5.42. The maximum absolute atomic E-state index is 12.9. The Hall–Kier alpha value is -3.19. The summed E-state index contributed by atoms with van der Waals surface area (Å²) in [7, 11) is 0. The highest BCUT2D eigenvalue weighted by atomic mass is 32.1. The summed E-state index contributed by atoms with van der Waals surface area (Å²) in [6, 6.07) is 14.7. The van der Waals surface area contributed by atoms with Crippen molar-refractivity contribution in [1.82, 2.24) is 9.88 Å². The molecular formula is C24H24N4O2S. The molecule has 1 fully saturated rings. The van der Waals surface area contributed by atoms with Gasteiger partial charge in [-0.2, -0.15) is 0 Å². The van der Waals surface area contributed by atoms with Crippen LogP contribution < -0.4 is 10.2 Å². The SMILES string of the molecule is O=C(Nc1ccc(N2CCc3sccc3C2)nc1)[C@H]1CCCN1C(=O)c1ccccc1. The first-order valence-electron chi connectivity index (χ1n) is 10.6. The highest BCUT2D eigenvalue weighted by Crippen LogP contribution is 2.27. The zero-order valence-corrected chi connectivity index (χ0v) is 18.0. The van der Waals surface area contributed by atoms with Crippen LogP contribution in [-0.2, 0) is 17.8 Å². The van der Waals surface area contributed by atoms with Gasteiger partial charge in [-0.15, -0.1) is 11.3 Å². The topological polar surface area (TPSA) is 65.5 Å². The van der Waals surface area contributed by atoms with Gasteiger partial charge >= 0.3 is 0 Å². The number of hydrogen-bond donors (Lipinski definition) is 1. The number of benzene rings is 1. The fourth-order valence-electron chi connectivity index (χ4n) is 4.35. The lowest BCUT2D eigenvalue weighted by molar-refractivity contribution is -0.119. The maximum atomic E-state index is 12.9. The molecule has 2 aliphatic rings. The molecule has 0 spiro atoms. The molecule has 2 aromatic heterocycles. The normalized spacial score (nSPS) is 18.0. The first-order valence-corrected chi connectivity index (χ1v) is 11.5. The van der Waals surface area contributed by atoms with Crippen molar-refractivity contribution in [3.05, 3.63) is 76.1 Å². The molecule has 1 N–H and O–H groups in total. The molecule has 5 rings (SSSR count). The van der Waals surface area contributed by atoms with Crippen LogP contribution in [0.3, 0.4) is 0 Å². The third kappa shape index (κ3) is 4.05. The van der Waals surface area contributed by atoms with Crippen LogP contribution in [0.4, 0.5) is 11.5 Å². The van der Waals surface area contributed by atoms with Crippen LogP contribution in [0, 0.1) is 0 Å². The molecule has 0 unspecified atom stereocenters. The second-order valence-corrected chi connectivity index (χ2v) is 8.96. The van der Waals surface area contributed by atoms with Gasteiger partial charge in [-0.3, -0.25) is 9.59 Å². The van der Waals surface area contributed by atoms with Crippen molar-refractivity contribution in [1.29, 1.82) is 0 Å². The predicted molar refractivity (Wildman–Crippen MR) is 122 cm³/mol. The van der Waals surface area contributed by atoms with Gasteiger partial charge in [0, 0.05) is 30.1 Å². The van der Waals surface area contributed by atoms with E-state index < -0.39 is 6.04 Å². The predicted octanol–water partition coefficient (Wildman–Crippen LogP) is 3.95. The Balaban J connectivity index is 1.24. The van der Waals surface area contributed by atoms with E-state index in [1.165, 1.54) is 10.4 Å². The van der Waals surface area contributed by atoms with Gasteiger partial charge in [-0.1, -0.05) is 18.2 Å². The summed E-state index contributed by atoms with van der Waals surface area (Å²) in [5.74, 6) is 0.665. The van der Waals surface area contributed by atoms with E-state index in [4.69, 9.17) is 0 Å². The Labute approximate surface area is 185 Å². The summed E-state index contributed by atoms with van der Waals surface area (Å²) in [5.41, 5.74) is 2.64. The number of rotatable bonds is 4. The molecule has 1 atom stereocenters. The molecule has 4 heterocycles. The van der Waals surface area contributed by atoms with Gasteiger partial charge in [0.25, 0.3) is 5.91 Å². The van der Waals surface area contributed by atoms with E-state index >= 15 is 0 Å². The number of fused-ring (bicyclic) bond motifs is 1. The van der Waals surface area contributed by atoms with E-state index in [9.17, 15) is 9.59 Å². The Bertz CT molecular complexity index is 1080. The number of anilines is 2. The first kappa shape index (κ1) is 19.8. The molecular weight excluding hydrogens is 408 g/mol. The Morgan fingerprint density at radius 2 is 1.94 bits per heavy atom. The first-order chi connectivity index (χ1) is 15.2. The van der Waals surface area contributed by atoms with Gasteiger partial charge in [-0.25, -0.2) is 4.98 Å². The molecule has 158 valence electrons. The second-order valence-electron chi connectivity index (χ2n) is 7.96. The van der Waals surface area contributed by atoms with Crippen molar-refractivity contribution in [3.63, 3.8) is 0 Å². The van der Waals surface area contributed by atoms with E-state index in [2.05, 4.69) is 26.6 Å². The van der Waals surface area contributed by atoms with Crippen LogP contribution in [0.5, 0.6) is 0 Å². The zero-order valence-electron chi connectivity index (χ0n) is 17.2. The van der Waals surface area contributed by atoms with E-state index in [0.717, 1.165) is 31.7 Å². The number of aromatic nitrogens is 1. The van der Waals surface area contributed by atoms with Crippen molar-refractivity contribution in [2.24, 2.45) is 0 Å². The minimum atomic E-state index is -0.452. The van der Waals surface area contributed by atoms with Crippen molar-refractivity contribution < 1.29 is 9.59 Å². The van der Waals surface area contributed by atoms with Gasteiger partial charge in [0.05, 0.1) is 11.9 Å². The Morgan fingerprint density at radius 1 is 1.06 bits per heavy atom. The second kappa shape index (κ2) is 8.51. The number of hydrogen-bond acceptors (Lipinski definition) is 5. The maximum Gasteiger partial charge on any atom is 0.254 e. The van der Waals surface area contributed by atoms with Crippen LogP contribution in [0.2, 0.25) is 0 Å². The molecule has 6 nitrogen and oxygen atoms in total. The lowest BCUT2D eigenvalue weighted by Gasteiger charge is -2.28. The molecule has 0 bridgehead atoms. The number of amides is 2. The summed E-state index contributed by atoms with van der Waals surface area (Å²) >= 11 is 1.82. The smallest absolute Gasteiger partial charge is 0.254 e. The summed E-state index contributed by atoms with van der Waals surface area (Å²) < 4.78 is 0. The lowest BCUT2D eigenvalue weighted by atomic mass is 10.1. The van der Waals surface area contributed by atoms with Gasteiger partial charge in [-0.05, 0) is 60.5 Å². The van der Waals surface area contributed by atoms with Gasteiger partial charge in [0.1, 0.15) is 11.9 Å². The summed E-state index contributed by atoms with van der Waals surface area (Å²) in [6.07, 6.45) is 4.24. The van der Waals surface area contributed by atoms with Crippen molar-refractivity contribution >= 4 is 34.7 Å². The summed E-state index contributed by atoms with van der Waals surface area (Å²) in [6.45, 7) is 2.42. The summed E-state index contributed by atoms with van der Waals surface area (Å²) in [5, 5.41) is 5.10. The van der Waals surface area contributed by atoms with Gasteiger partial charge < -0.3 is 15.1 Å². The number of likely N-dealkylation sites (tertiary alicyclic amines) is 1. The van der Waals surface area contributed by atoms with E-state index in [0.29, 0.717) is 24.2 Å². The molecule has 2 amide bonds. The van der Waals surface area contributed by atoms with Crippen LogP contribution in [0.25, 0.3) is 0 Å². The molecule has 0 saturated carbocycles. The fourth-order valence-corrected chi connectivity index (χ4v) is 5.24. The number of pyridine rings is 1. The number of carbonyl (C=O) groups excluding carboxylic acids is 2. The number of carbonyl (C=O) groups is 2.